The van der Waals surface area contributed by atoms with Crippen LogP contribution in [0.1, 0.15) is 43.1 Å². The van der Waals surface area contributed by atoms with Crippen molar-refractivity contribution < 1.29 is 4.79 Å². The van der Waals surface area contributed by atoms with Crippen molar-refractivity contribution in [3.8, 4) is 0 Å². The second-order valence-electron chi connectivity index (χ2n) is 7.12. The second kappa shape index (κ2) is 8.22. The van der Waals surface area contributed by atoms with Gasteiger partial charge in [0.15, 0.2) is 5.16 Å². The summed E-state index contributed by atoms with van der Waals surface area (Å²) in [6, 6.07) is 7.69. The highest BCUT2D eigenvalue weighted by Crippen LogP contribution is 2.24. The number of fused-ring (bicyclic) bond motifs is 1. The Hall–Kier alpha value is -2.54. The van der Waals surface area contributed by atoms with Gasteiger partial charge in [-0.05, 0) is 57.4 Å². The normalized spacial score (nSPS) is 12.3. The number of anilines is 1. The Morgan fingerprint density at radius 1 is 1.32 bits per heavy atom. The smallest absolute Gasteiger partial charge is 0.278 e. The fourth-order valence-corrected chi connectivity index (χ4v) is 3.96. The van der Waals surface area contributed by atoms with E-state index in [1.807, 2.05) is 58.9 Å². The summed E-state index contributed by atoms with van der Waals surface area (Å²) >= 11 is 1.29. The van der Waals surface area contributed by atoms with Crippen molar-refractivity contribution in [1.82, 2.24) is 14.5 Å². The lowest BCUT2D eigenvalue weighted by Gasteiger charge is -2.17. The third-order valence-corrected chi connectivity index (χ3v) is 5.98. The van der Waals surface area contributed by atoms with E-state index in [-0.39, 0.29) is 23.3 Å². The molecule has 28 heavy (non-hydrogen) atoms. The Morgan fingerprint density at radius 3 is 2.79 bits per heavy atom. The SMILES string of the molecule is CC[C@@H](C)n1c(SCC(=O)Nc2cccc(C)c2C)nc2cc(C)[nH]c2c1=O. The Morgan fingerprint density at radius 2 is 2.07 bits per heavy atom. The van der Waals surface area contributed by atoms with Crippen molar-refractivity contribution in [1.29, 1.82) is 0 Å². The Bertz CT molecular complexity index is 1080. The standard InChI is InChI=1S/C21H26N4O2S/c1-6-14(4)25-20(27)19-17(10-13(3)22-19)24-21(25)28-11-18(26)23-16-9-7-8-12(2)15(16)5/h7-10,14,22H,6,11H2,1-5H3,(H,23,26)/t14-/m1/s1. The first-order valence-electron chi connectivity index (χ1n) is 9.42. The number of aromatic amines is 1. The molecule has 1 atom stereocenters. The number of hydrogen-bond acceptors (Lipinski definition) is 4. The zero-order valence-electron chi connectivity index (χ0n) is 16.9. The van der Waals surface area contributed by atoms with Crippen LogP contribution in [0.2, 0.25) is 0 Å². The van der Waals surface area contributed by atoms with Gasteiger partial charge in [-0.3, -0.25) is 14.2 Å². The van der Waals surface area contributed by atoms with Crippen LogP contribution in [0.4, 0.5) is 5.69 Å². The molecule has 0 aliphatic heterocycles. The van der Waals surface area contributed by atoms with Crippen LogP contribution in [0.5, 0.6) is 0 Å². The van der Waals surface area contributed by atoms with Gasteiger partial charge in [0.05, 0.1) is 11.3 Å². The summed E-state index contributed by atoms with van der Waals surface area (Å²) in [4.78, 5) is 33.2. The highest BCUT2D eigenvalue weighted by atomic mass is 32.2. The maximum Gasteiger partial charge on any atom is 0.278 e. The molecule has 0 saturated carbocycles. The van der Waals surface area contributed by atoms with Gasteiger partial charge in [0.1, 0.15) is 5.52 Å². The highest BCUT2D eigenvalue weighted by molar-refractivity contribution is 7.99. The summed E-state index contributed by atoms with van der Waals surface area (Å²) < 4.78 is 1.69. The molecule has 2 N–H and O–H groups in total. The fraction of sp³-hybridized carbons (Fsp3) is 0.381. The van der Waals surface area contributed by atoms with Gasteiger partial charge in [-0.2, -0.15) is 0 Å². The van der Waals surface area contributed by atoms with Gasteiger partial charge in [0.25, 0.3) is 5.56 Å². The largest absolute Gasteiger partial charge is 0.353 e. The van der Waals surface area contributed by atoms with Crippen molar-refractivity contribution in [3.63, 3.8) is 0 Å². The first kappa shape index (κ1) is 20.2. The molecule has 7 heteroatoms. The summed E-state index contributed by atoms with van der Waals surface area (Å²) in [7, 11) is 0. The van der Waals surface area contributed by atoms with Crippen LogP contribution in [-0.4, -0.2) is 26.2 Å². The molecule has 1 aromatic carbocycles. The van der Waals surface area contributed by atoms with E-state index < -0.39 is 0 Å². The third kappa shape index (κ3) is 3.99. The van der Waals surface area contributed by atoms with E-state index in [9.17, 15) is 9.59 Å². The van der Waals surface area contributed by atoms with Crippen molar-refractivity contribution in [3.05, 3.63) is 51.4 Å². The molecule has 6 nitrogen and oxygen atoms in total. The second-order valence-corrected chi connectivity index (χ2v) is 8.07. The predicted octanol–water partition coefficient (Wildman–Crippen LogP) is 4.35. The number of thioether (sulfide) groups is 1. The van der Waals surface area contributed by atoms with E-state index in [1.54, 1.807) is 4.57 Å². The lowest BCUT2D eigenvalue weighted by Crippen LogP contribution is -2.26. The molecule has 0 spiro atoms. The van der Waals surface area contributed by atoms with Gasteiger partial charge in [0.2, 0.25) is 5.91 Å². The number of nitrogens with zero attached hydrogens (tertiary/aromatic N) is 2. The van der Waals surface area contributed by atoms with Crippen LogP contribution < -0.4 is 10.9 Å². The zero-order chi connectivity index (χ0) is 20.4. The van der Waals surface area contributed by atoms with Crippen molar-refractivity contribution in [2.45, 2.75) is 52.2 Å². The number of benzene rings is 1. The number of hydrogen-bond donors (Lipinski definition) is 2. The minimum atomic E-state index is -0.117. The number of carbonyl (C=O) groups is 1. The first-order chi connectivity index (χ1) is 13.3. The molecule has 2 aromatic heterocycles. The maximum atomic E-state index is 13.0. The van der Waals surface area contributed by atoms with Crippen LogP contribution in [0.3, 0.4) is 0 Å². The topological polar surface area (TPSA) is 79.8 Å². The molecule has 0 aliphatic rings. The van der Waals surface area contributed by atoms with Crippen molar-refractivity contribution >= 4 is 34.4 Å². The zero-order valence-corrected chi connectivity index (χ0v) is 17.7. The van der Waals surface area contributed by atoms with Crippen LogP contribution in [0.15, 0.2) is 34.2 Å². The molecule has 3 rings (SSSR count). The van der Waals surface area contributed by atoms with E-state index in [0.717, 1.165) is 28.9 Å². The molecular formula is C21H26N4O2S. The minimum Gasteiger partial charge on any atom is -0.353 e. The lowest BCUT2D eigenvalue weighted by atomic mass is 10.1. The van der Waals surface area contributed by atoms with Crippen LogP contribution in [0.25, 0.3) is 11.0 Å². The van der Waals surface area contributed by atoms with Crippen molar-refractivity contribution in [2.24, 2.45) is 0 Å². The average Bonchev–Trinajstić information content (AvgIpc) is 3.04. The summed E-state index contributed by atoms with van der Waals surface area (Å²) in [5.74, 6) is 0.0690. The molecule has 2 heterocycles. The molecule has 0 saturated heterocycles. The predicted molar refractivity (Wildman–Crippen MR) is 115 cm³/mol. The number of rotatable bonds is 6. The fourth-order valence-electron chi connectivity index (χ4n) is 3.07. The van der Waals surface area contributed by atoms with E-state index in [4.69, 9.17) is 0 Å². The van der Waals surface area contributed by atoms with Crippen LogP contribution in [0, 0.1) is 20.8 Å². The number of nitrogens with one attached hydrogen (secondary N) is 2. The van der Waals surface area contributed by atoms with Gasteiger partial charge >= 0.3 is 0 Å². The Kier molecular flexibility index (Phi) is 5.93. The van der Waals surface area contributed by atoms with Gasteiger partial charge in [-0.15, -0.1) is 0 Å². The number of H-pyrrole nitrogens is 1. The van der Waals surface area contributed by atoms with E-state index >= 15 is 0 Å². The first-order valence-corrected chi connectivity index (χ1v) is 10.4. The molecule has 0 radical (unpaired) electrons. The number of amides is 1. The minimum absolute atomic E-state index is 0.00224. The van der Waals surface area contributed by atoms with E-state index in [2.05, 4.69) is 15.3 Å². The van der Waals surface area contributed by atoms with E-state index in [0.29, 0.717) is 16.2 Å². The molecule has 0 fully saturated rings. The molecule has 0 aliphatic carbocycles. The van der Waals surface area contributed by atoms with Gasteiger partial charge < -0.3 is 10.3 Å². The highest BCUT2D eigenvalue weighted by Gasteiger charge is 2.18. The molecule has 1 amide bonds. The van der Waals surface area contributed by atoms with Crippen LogP contribution in [-0.2, 0) is 4.79 Å². The summed E-state index contributed by atoms with van der Waals surface area (Å²) in [6.45, 7) is 9.93. The molecule has 0 bridgehead atoms. The third-order valence-electron chi connectivity index (χ3n) is 5.03. The maximum absolute atomic E-state index is 13.0. The van der Waals surface area contributed by atoms with Crippen molar-refractivity contribution in [2.75, 3.05) is 11.1 Å². The summed E-state index contributed by atoms with van der Waals surface area (Å²) in [5, 5.41) is 3.53. The van der Waals surface area contributed by atoms with Gasteiger partial charge in [-0.1, -0.05) is 30.8 Å². The summed E-state index contributed by atoms with van der Waals surface area (Å²) in [6.07, 6.45) is 0.801. The average molecular weight is 399 g/mol. The molecule has 148 valence electrons. The van der Waals surface area contributed by atoms with Crippen LogP contribution >= 0.6 is 11.8 Å². The Labute approximate surface area is 168 Å². The Balaban J connectivity index is 1.86. The molecule has 3 aromatic rings. The molecular weight excluding hydrogens is 372 g/mol. The van der Waals surface area contributed by atoms with E-state index in [1.165, 1.54) is 11.8 Å². The number of carbonyl (C=O) groups excluding carboxylic acids is 1. The van der Waals surface area contributed by atoms with Gasteiger partial charge in [-0.25, -0.2) is 4.98 Å². The number of aryl methyl sites for hydroxylation is 2. The van der Waals surface area contributed by atoms with Gasteiger partial charge in [0, 0.05) is 17.4 Å². The monoisotopic (exact) mass is 398 g/mol. The lowest BCUT2D eigenvalue weighted by molar-refractivity contribution is -0.113. The molecule has 0 unspecified atom stereocenters. The number of aromatic nitrogens is 3. The quantitative estimate of drug-likeness (QED) is 0.478. The summed E-state index contributed by atoms with van der Waals surface area (Å²) in [5.41, 5.74) is 4.96.